The molecule has 1 N–H and O–H groups in total. The number of carboxylic acid groups (broad SMARTS) is 1. The molecule has 30 heavy (non-hydrogen) atoms. The molecule has 0 aliphatic carbocycles. The highest BCUT2D eigenvalue weighted by atomic mass is 35.5. The summed E-state index contributed by atoms with van der Waals surface area (Å²) in [6.45, 7) is 0. The van der Waals surface area contributed by atoms with Crippen LogP contribution in [0.3, 0.4) is 0 Å². The first-order valence-corrected chi connectivity index (χ1v) is 9.75. The Balaban J connectivity index is 1.57. The van der Waals surface area contributed by atoms with Crippen LogP contribution in [-0.4, -0.2) is 17.0 Å². The van der Waals surface area contributed by atoms with E-state index in [9.17, 15) is 19.1 Å². The minimum Gasteiger partial charge on any atom is -0.545 e. The van der Waals surface area contributed by atoms with Gasteiger partial charge in [0.15, 0.2) is 5.17 Å². The van der Waals surface area contributed by atoms with Gasteiger partial charge in [-0.3, -0.25) is 4.79 Å². The van der Waals surface area contributed by atoms with Gasteiger partial charge in [0.1, 0.15) is 17.3 Å². The summed E-state index contributed by atoms with van der Waals surface area (Å²) in [5.41, 5.74) is 0.867. The minimum absolute atomic E-state index is 0.0296. The zero-order valence-electron chi connectivity index (χ0n) is 15.0. The van der Waals surface area contributed by atoms with Crippen LogP contribution in [0.5, 0.6) is 0 Å². The van der Waals surface area contributed by atoms with Crippen LogP contribution >= 0.6 is 23.4 Å². The normalized spacial score (nSPS) is 16.3. The Morgan fingerprint density at radius 3 is 2.67 bits per heavy atom. The van der Waals surface area contributed by atoms with E-state index in [-0.39, 0.29) is 17.3 Å². The highest BCUT2D eigenvalue weighted by Gasteiger charge is 2.24. The van der Waals surface area contributed by atoms with E-state index in [1.54, 1.807) is 12.1 Å². The molecule has 0 radical (unpaired) electrons. The summed E-state index contributed by atoms with van der Waals surface area (Å²) >= 11 is 7.26. The van der Waals surface area contributed by atoms with Crippen LogP contribution in [0.2, 0.25) is 5.02 Å². The van der Waals surface area contributed by atoms with Gasteiger partial charge in [-0.1, -0.05) is 17.7 Å². The molecule has 1 aromatic heterocycles. The highest BCUT2D eigenvalue weighted by molar-refractivity contribution is 8.18. The number of benzene rings is 2. The van der Waals surface area contributed by atoms with Crippen molar-refractivity contribution in [2.24, 2.45) is 4.99 Å². The number of nitrogens with zero attached hydrogens (tertiary/aromatic N) is 1. The maximum Gasteiger partial charge on any atom is 0.264 e. The van der Waals surface area contributed by atoms with Gasteiger partial charge in [-0.2, -0.15) is 0 Å². The lowest BCUT2D eigenvalue weighted by Crippen LogP contribution is -2.22. The quantitative estimate of drug-likeness (QED) is 0.617. The van der Waals surface area contributed by atoms with Gasteiger partial charge in [0.2, 0.25) is 0 Å². The van der Waals surface area contributed by atoms with Crippen molar-refractivity contribution in [3.8, 4) is 11.3 Å². The number of aliphatic imine (C=N–C) groups is 1. The van der Waals surface area contributed by atoms with E-state index in [2.05, 4.69) is 10.3 Å². The number of thioether (sulfide) groups is 1. The van der Waals surface area contributed by atoms with Crippen molar-refractivity contribution < 1.29 is 23.5 Å². The molecule has 1 saturated heterocycles. The number of halogens is 2. The third kappa shape index (κ3) is 4.29. The standard InChI is InChI=1S/C21H12ClFN2O4S/c22-16-7-1-11(20(27)28)9-15(16)17-8-6-14(29-17)10-18-19(26)25-21(30-18)24-13-4-2-12(23)3-5-13/h1-10H,(H,27,28)(H,24,25,26)/p-1/b18-10-. The number of amidine groups is 1. The van der Waals surface area contributed by atoms with Crippen LogP contribution in [0, 0.1) is 5.82 Å². The number of hydrogen-bond donors (Lipinski definition) is 1. The second-order valence-corrected chi connectivity index (χ2v) is 7.58. The molecule has 0 atom stereocenters. The Morgan fingerprint density at radius 1 is 1.17 bits per heavy atom. The Kier molecular flexibility index (Phi) is 5.43. The van der Waals surface area contributed by atoms with E-state index in [1.807, 2.05) is 0 Å². The van der Waals surface area contributed by atoms with Gasteiger partial charge in [0, 0.05) is 11.6 Å². The third-order valence-electron chi connectivity index (χ3n) is 4.08. The van der Waals surface area contributed by atoms with Crippen molar-refractivity contribution in [1.82, 2.24) is 5.32 Å². The van der Waals surface area contributed by atoms with E-state index >= 15 is 0 Å². The molecule has 6 nitrogen and oxygen atoms in total. The smallest absolute Gasteiger partial charge is 0.264 e. The molecular formula is C21H11ClFN2O4S-. The van der Waals surface area contributed by atoms with Gasteiger partial charge in [-0.05, 0) is 65.9 Å². The average Bonchev–Trinajstić information content (AvgIpc) is 3.31. The lowest BCUT2D eigenvalue weighted by Gasteiger charge is -2.06. The van der Waals surface area contributed by atoms with Crippen LogP contribution in [0.25, 0.3) is 17.4 Å². The molecule has 3 aromatic rings. The van der Waals surface area contributed by atoms with Crippen LogP contribution < -0.4 is 10.4 Å². The SMILES string of the molecule is O=C1NC(=Nc2ccc(F)cc2)S/C1=C\c1ccc(-c2cc(C(=O)[O-])ccc2Cl)o1. The molecule has 1 fully saturated rings. The lowest BCUT2D eigenvalue weighted by atomic mass is 10.1. The van der Waals surface area contributed by atoms with E-state index in [1.165, 1.54) is 48.5 Å². The first-order chi connectivity index (χ1) is 14.4. The second-order valence-electron chi connectivity index (χ2n) is 6.14. The maximum absolute atomic E-state index is 13.0. The van der Waals surface area contributed by atoms with Gasteiger partial charge >= 0.3 is 0 Å². The van der Waals surface area contributed by atoms with Crippen molar-refractivity contribution in [1.29, 1.82) is 0 Å². The molecule has 1 amide bonds. The summed E-state index contributed by atoms with van der Waals surface area (Å²) in [4.78, 5) is 27.9. The molecule has 2 aromatic carbocycles. The van der Waals surface area contributed by atoms with Crippen LogP contribution in [0.1, 0.15) is 16.1 Å². The van der Waals surface area contributed by atoms with E-state index in [0.29, 0.717) is 37.9 Å². The van der Waals surface area contributed by atoms with Gasteiger partial charge < -0.3 is 19.6 Å². The molecule has 4 rings (SSSR count). The first kappa shape index (κ1) is 19.9. The Morgan fingerprint density at radius 2 is 1.93 bits per heavy atom. The van der Waals surface area contributed by atoms with Crippen LogP contribution in [0.4, 0.5) is 10.1 Å². The molecular weight excluding hydrogens is 431 g/mol. The molecule has 150 valence electrons. The zero-order valence-corrected chi connectivity index (χ0v) is 16.6. The van der Waals surface area contributed by atoms with Gasteiger partial charge in [0.25, 0.3) is 5.91 Å². The first-order valence-electron chi connectivity index (χ1n) is 8.55. The fourth-order valence-electron chi connectivity index (χ4n) is 2.66. The summed E-state index contributed by atoms with van der Waals surface area (Å²) in [5.74, 6) is -1.33. The number of carbonyl (C=O) groups is 2. The molecule has 0 unspecified atom stereocenters. The summed E-state index contributed by atoms with van der Waals surface area (Å²) in [7, 11) is 0. The Hall–Kier alpha value is -3.36. The number of rotatable bonds is 4. The summed E-state index contributed by atoms with van der Waals surface area (Å²) in [6.07, 6.45) is 1.53. The third-order valence-corrected chi connectivity index (χ3v) is 5.32. The molecule has 9 heteroatoms. The summed E-state index contributed by atoms with van der Waals surface area (Å²) in [5, 5.41) is 14.4. The Labute approximate surface area is 179 Å². The Bertz CT molecular complexity index is 1220. The fraction of sp³-hybridized carbons (Fsp3) is 0. The van der Waals surface area contributed by atoms with Crippen molar-refractivity contribution in [2.45, 2.75) is 0 Å². The predicted molar refractivity (Wildman–Crippen MR) is 111 cm³/mol. The van der Waals surface area contributed by atoms with Gasteiger partial charge in [0.05, 0.1) is 21.6 Å². The van der Waals surface area contributed by atoms with Crippen molar-refractivity contribution in [2.75, 3.05) is 0 Å². The van der Waals surface area contributed by atoms with Crippen molar-refractivity contribution in [3.05, 3.63) is 81.7 Å². The number of nitrogens with one attached hydrogen (secondary N) is 1. The molecule has 0 bridgehead atoms. The predicted octanol–water partition coefficient (Wildman–Crippen LogP) is 3.99. The lowest BCUT2D eigenvalue weighted by molar-refractivity contribution is -0.255. The minimum atomic E-state index is -1.33. The van der Waals surface area contributed by atoms with E-state index in [0.717, 1.165) is 11.8 Å². The van der Waals surface area contributed by atoms with Gasteiger partial charge in [-0.15, -0.1) is 0 Å². The van der Waals surface area contributed by atoms with Crippen LogP contribution in [-0.2, 0) is 4.79 Å². The van der Waals surface area contributed by atoms with Crippen LogP contribution in [0.15, 0.2) is 68.9 Å². The number of aromatic carboxylic acids is 1. The number of carbonyl (C=O) groups excluding carboxylic acids is 2. The topological polar surface area (TPSA) is 94.7 Å². The number of carboxylic acids is 1. The number of furan rings is 1. The number of hydrogen-bond acceptors (Lipinski definition) is 6. The second kappa shape index (κ2) is 8.17. The molecule has 1 aliphatic heterocycles. The largest absolute Gasteiger partial charge is 0.545 e. The van der Waals surface area contributed by atoms with Crippen molar-refractivity contribution >= 4 is 52.2 Å². The number of amides is 1. The molecule has 0 saturated carbocycles. The monoisotopic (exact) mass is 441 g/mol. The maximum atomic E-state index is 13.0. The molecule has 1 aliphatic rings. The zero-order chi connectivity index (χ0) is 21.3. The summed E-state index contributed by atoms with van der Waals surface area (Å²) in [6, 6.07) is 13.0. The average molecular weight is 442 g/mol. The van der Waals surface area contributed by atoms with E-state index < -0.39 is 5.97 Å². The summed E-state index contributed by atoms with van der Waals surface area (Å²) < 4.78 is 18.7. The van der Waals surface area contributed by atoms with E-state index in [4.69, 9.17) is 16.0 Å². The van der Waals surface area contributed by atoms with Crippen molar-refractivity contribution in [3.63, 3.8) is 0 Å². The highest BCUT2D eigenvalue weighted by Crippen LogP contribution is 2.33. The molecule has 2 heterocycles. The molecule has 0 spiro atoms. The van der Waals surface area contributed by atoms with Gasteiger partial charge in [-0.25, -0.2) is 9.38 Å². The fourth-order valence-corrected chi connectivity index (χ4v) is 3.69.